The molecule has 0 spiro atoms. The number of amides is 2. The maximum Gasteiger partial charge on any atom is 0.417 e. The first kappa shape index (κ1) is 15.0. The number of hydrogen-bond acceptors (Lipinski definition) is 3. The van der Waals surface area contributed by atoms with Crippen LogP contribution in [0.1, 0.15) is 65.7 Å². The fourth-order valence-corrected chi connectivity index (χ4v) is 2.02. The lowest BCUT2D eigenvalue weighted by molar-refractivity contribution is -0.130. The second-order valence-electron chi connectivity index (χ2n) is 5.90. The van der Waals surface area contributed by atoms with E-state index in [1.54, 1.807) is 0 Å². The molecule has 1 aliphatic heterocycles. The molecule has 0 N–H and O–H groups in total. The van der Waals surface area contributed by atoms with Crippen LogP contribution in [0.3, 0.4) is 0 Å². The molecule has 1 rings (SSSR count). The predicted molar refractivity (Wildman–Crippen MR) is 70.3 cm³/mol. The van der Waals surface area contributed by atoms with Crippen molar-refractivity contribution in [1.82, 2.24) is 4.90 Å². The highest BCUT2D eigenvalue weighted by Crippen LogP contribution is 2.16. The Kier molecular flexibility index (Phi) is 5.63. The van der Waals surface area contributed by atoms with E-state index in [0.29, 0.717) is 13.0 Å². The Balaban J connectivity index is 2.61. The fourth-order valence-electron chi connectivity index (χ4n) is 2.02. The van der Waals surface area contributed by atoms with Crippen molar-refractivity contribution >= 4 is 12.0 Å². The molecule has 18 heavy (non-hydrogen) atoms. The minimum absolute atomic E-state index is 0.0915. The maximum absolute atomic E-state index is 12.0. The van der Waals surface area contributed by atoms with Gasteiger partial charge >= 0.3 is 6.09 Å². The molecule has 2 amide bonds. The van der Waals surface area contributed by atoms with Gasteiger partial charge in [-0.05, 0) is 33.6 Å². The Bertz CT molecular complexity index is 294. The molecular formula is C14H25NO3. The summed E-state index contributed by atoms with van der Waals surface area (Å²) in [6.45, 7) is 5.94. The van der Waals surface area contributed by atoms with Crippen molar-refractivity contribution in [2.24, 2.45) is 0 Å². The molecule has 1 heterocycles. The van der Waals surface area contributed by atoms with E-state index in [-0.39, 0.29) is 5.91 Å². The Morgan fingerprint density at radius 1 is 1.06 bits per heavy atom. The summed E-state index contributed by atoms with van der Waals surface area (Å²) < 4.78 is 5.28. The van der Waals surface area contributed by atoms with Crippen LogP contribution in [0.4, 0.5) is 4.79 Å². The standard InChI is InChI=1S/C14H25NO3/c1-14(2,3)18-13(17)15-11-9-7-5-4-6-8-10-12(15)16/h4-11H2,1-3H3. The SMILES string of the molecule is CC(C)(C)OC(=O)N1CCCCCCCCC1=O. The highest BCUT2D eigenvalue weighted by molar-refractivity contribution is 5.92. The largest absolute Gasteiger partial charge is 0.443 e. The van der Waals surface area contributed by atoms with Gasteiger partial charge in [0.15, 0.2) is 0 Å². The van der Waals surface area contributed by atoms with E-state index in [9.17, 15) is 9.59 Å². The highest BCUT2D eigenvalue weighted by atomic mass is 16.6. The molecule has 0 aliphatic carbocycles. The van der Waals surface area contributed by atoms with Gasteiger partial charge in [0.1, 0.15) is 5.60 Å². The van der Waals surface area contributed by atoms with Gasteiger partial charge in [-0.15, -0.1) is 0 Å². The summed E-state index contributed by atoms with van der Waals surface area (Å²) in [5, 5.41) is 0. The Morgan fingerprint density at radius 3 is 2.22 bits per heavy atom. The topological polar surface area (TPSA) is 46.6 Å². The monoisotopic (exact) mass is 255 g/mol. The zero-order valence-electron chi connectivity index (χ0n) is 11.8. The summed E-state index contributed by atoms with van der Waals surface area (Å²) in [7, 11) is 0. The summed E-state index contributed by atoms with van der Waals surface area (Å²) in [6, 6.07) is 0. The van der Waals surface area contributed by atoms with Crippen LogP contribution in [0.5, 0.6) is 0 Å². The summed E-state index contributed by atoms with van der Waals surface area (Å²) in [6.07, 6.45) is 6.26. The molecule has 0 aromatic rings. The molecule has 1 fully saturated rings. The lowest BCUT2D eigenvalue weighted by atomic mass is 10.1. The van der Waals surface area contributed by atoms with Gasteiger partial charge in [-0.25, -0.2) is 9.69 Å². The molecule has 0 unspecified atom stereocenters. The van der Waals surface area contributed by atoms with Crippen molar-refractivity contribution in [2.75, 3.05) is 6.54 Å². The summed E-state index contributed by atoms with van der Waals surface area (Å²) in [5.41, 5.74) is -0.549. The quantitative estimate of drug-likeness (QED) is 0.665. The Hall–Kier alpha value is -1.06. The van der Waals surface area contributed by atoms with Crippen LogP contribution < -0.4 is 0 Å². The molecule has 0 radical (unpaired) electrons. The maximum atomic E-state index is 12.0. The number of carbonyl (C=O) groups is 2. The van der Waals surface area contributed by atoms with E-state index in [1.807, 2.05) is 20.8 Å². The average Bonchev–Trinajstić information content (AvgIpc) is 2.24. The molecule has 0 atom stereocenters. The van der Waals surface area contributed by atoms with Crippen molar-refractivity contribution in [1.29, 1.82) is 0 Å². The van der Waals surface area contributed by atoms with Gasteiger partial charge < -0.3 is 4.74 Å². The zero-order chi connectivity index (χ0) is 13.6. The first-order valence-electron chi connectivity index (χ1n) is 6.93. The summed E-state index contributed by atoms with van der Waals surface area (Å²) in [5.74, 6) is -0.0915. The van der Waals surface area contributed by atoms with E-state index in [4.69, 9.17) is 4.74 Å². The minimum Gasteiger partial charge on any atom is -0.443 e. The molecule has 4 nitrogen and oxygen atoms in total. The Labute approximate surface area is 110 Å². The van der Waals surface area contributed by atoms with Crippen molar-refractivity contribution in [3.63, 3.8) is 0 Å². The van der Waals surface area contributed by atoms with E-state index in [0.717, 1.165) is 25.7 Å². The molecule has 4 heteroatoms. The predicted octanol–water partition coefficient (Wildman–Crippen LogP) is 3.49. The second kappa shape index (κ2) is 6.76. The summed E-state index contributed by atoms with van der Waals surface area (Å²) in [4.78, 5) is 25.2. The lowest BCUT2D eigenvalue weighted by Crippen LogP contribution is -2.41. The third kappa shape index (κ3) is 5.52. The number of ether oxygens (including phenoxy) is 1. The molecule has 104 valence electrons. The first-order chi connectivity index (χ1) is 8.40. The van der Waals surface area contributed by atoms with Crippen molar-refractivity contribution in [3.05, 3.63) is 0 Å². The molecule has 0 aromatic carbocycles. The second-order valence-corrected chi connectivity index (χ2v) is 5.90. The smallest absolute Gasteiger partial charge is 0.417 e. The fraction of sp³-hybridized carbons (Fsp3) is 0.857. The van der Waals surface area contributed by atoms with E-state index >= 15 is 0 Å². The summed E-state index contributed by atoms with van der Waals surface area (Å²) >= 11 is 0. The van der Waals surface area contributed by atoms with Crippen LogP contribution in [0.25, 0.3) is 0 Å². The van der Waals surface area contributed by atoms with Gasteiger partial charge in [0.25, 0.3) is 0 Å². The highest BCUT2D eigenvalue weighted by Gasteiger charge is 2.26. The third-order valence-corrected chi connectivity index (χ3v) is 2.94. The van der Waals surface area contributed by atoms with Crippen LogP contribution in [-0.4, -0.2) is 29.0 Å². The number of carbonyl (C=O) groups excluding carboxylic acids is 2. The number of imide groups is 1. The molecular weight excluding hydrogens is 230 g/mol. The lowest BCUT2D eigenvalue weighted by Gasteiger charge is -2.26. The molecule has 1 aliphatic rings. The normalized spacial score (nSPS) is 19.5. The molecule has 0 aromatic heterocycles. The van der Waals surface area contributed by atoms with Gasteiger partial charge in [-0.1, -0.05) is 25.7 Å². The van der Waals surface area contributed by atoms with Gasteiger partial charge in [0, 0.05) is 13.0 Å². The Morgan fingerprint density at radius 2 is 1.61 bits per heavy atom. The van der Waals surface area contributed by atoms with Crippen LogP contribution >= 0.6 is 0 Å². The average molecular weight is 255 g/mol. The first-order valence-corrected chi connectivity index (χ1v) is 6.93. The number of hydrogen-bond donors (Lipinski definition) is 0. The number of rotatable bonds is 0. The zero-order valence-corrected chi connectivity index (χ0v) is 11.8. The van der Waals surface area contributed by atoms with E-state index < -0.39 is 11.7 Å². The van der Waals surface area contributed by atoms with Crippen LogP contribution in [-0.2, 0) is 9.53 Å². The molecule has 0 saturated carbocycles. The van der Waals surface area contributed by atoms with Gasteiger partial charge in [-0.3, -0.25) is 4.79 Å². The van der Waals surface area contributed by atoms with Crippen LogP contribution in [0.15, 0.2) is 0 Å². The van der Waals surface area contributed by atoms with Crippen molar-refractivity contribution in [2.45, 2.75) is 71.3 Å². The van der Waals surface area contributed by atoms with E-state index in [1.165, 1.54) is 17.7 Å². The molecule has 0 bridgehead atoms. The van der Waals surface area contributed by atoms with Crippen LogP contribution in [0, 0.1) is 0 Å². The number of nitrogens with zero attached hydrogens (tertiary/aromatic N) is 1. The minimum atomic E-state index is -0.549. The van der Waals surface area contributed by atoms with Crippen LogP contribution in [0.2, 0.25) is 0 Å². The third-order valence-electron chi connectivity index (χ3n) is 2.94. The van der Waals surface area contributed by atoms with E-state index in [2.05, 4.69) is 0 Å². The van der Waals surface area contributed by atoms with Gasteiger partial charge in [0.2, 0.25) is 5.91 Å². The van der Waals surface area contributed by atoms with Crippen molar-refractivity contribution < 1.29 is 14.3 Å². The van der Waals surface area contributed by atoms with Gasteiger partial charge in [-0.2, -0.15) is 0 Å². The molecule has 1 saturated heterocycles. The van der Waals surface area contributed by atoms with Gasteiger partial charge in [0.05, 0.1) is 0 Å². The van der Waals surface area contributed by atoms with Crippen molar-refractivity contribution in [3.8, 4) is 0 Å².